The molecule has 0 aromatic carbocycles. The first kappa shape index (κ1) is 17.8. The molecule has 0 bridgehead atoms. The minimum absolute atomic E-state index is 0.0895. The molecule has 2 saturated carbocycles. The summed E-state index contributed by atoms with van der Waals surface area (Å²) in [4.78, 5) is 13.8. The zero-order valence-corrected chi connectivity index (χ0v) is 16.6. The molecule has 2 N–H and O–H groups in total. The zero-order chi connectivity index (χ0) is 19.7. The Morgan fingerprint density at radius 3 is 2.93 bits per heavy atom. The van der Waals surface area contributed by atoms with Gasteiger partial charge in [-0.3, -0.25) is 0 Å². The van der Waals surface area contributed by atoms with Crippen LogP contribution in [0.4, 0.5) is 5.82 Å². The lowest BCUT2D eigenvalue weighted by molar-refractivity contribution is 0.305. The number of hydrogen-bond acceptors (Lipinski definition) is 6. The van der Waals surface area contributed by atoms with Gasteiger partial charge in [0.2, 0.25) is 0 Å². The minimum atomic E-state index is -3.55. The average molecular weight is 401 g/mol. The smallest absolute Gasteiger partial charge is 0.279 e. The van der Waals surface area contributed by atoms with Crippen LogP contribution >= 0.6 is 0 Å². The lowest BCUT2D eigenvalue weighted by Crippen LogP contribution is -2.56. The molecule has 2 aliphatic carbocycles. The fourth-order valence-corrected chi connectivity index (χ4v) is 6.39. The van der Waals surface area contributed by atoms with Crippen LogP contribution in [-0.2, 0) is 10.2 Å². The van der Waals surface area contributed by atoms with E-state index in [1.54, 1.807) is 0 Å². The van der Waals surface area contributed by atoms with Crippen LogP contribution in [0.5, 0.6) is 0 Å². The third-order valence-electron chi connectivity index (χ3n) is 7.00. The van der Waals surface area contributed by atoms with Crippen LogP contribution in [-0.4, -0.2) is 59.9 Å². The molecule has 1 saturated heterocycles. The number of nitrogens with one attached hydrogen (secondary N) is 2. The SMILES string of the molecule is CC1C2CN(S(=O)(=O)NC3CC(N(C)c4ncnc5[nH]ccc45)C3)CC12C#N. The van der Waals surface area contributed by atoms with E-state index in [-0.39, 0.29) is 18.0 Å². The highest BCUT2D eigenvalue weighted by atomic mass is 32.2. The summed E-state index contributed by atoms with van der Waals surface area (Å²) in [5.74, 6) is 1.32. The van der Waals surface area contributed by atoms with Gasteiger partial charge in [-0.2, -0.15) is 22.7 Å². The Morgan fingerprint density at radius 2 is 2.21 bits per heavy atom. The van der Waals surface area contributed by atoms with Crippen LogP contribution in [0, 0.1) is 28.6 Å². The first-order valence-corrected chi connectivity index (χ1v) is 11.0. The molecular weight excluding hydrogens is 378 g/mol. The molecule has 9 nitrogen and oxygen atoms in total. The normalized spacial score (nSPS) is 34.6. The number of anilines is 1. The second kappa shape index (κ2) is 5.89. The Balaban J connectivity index is 1.21. The molecule has 148 valence electrons. The summed E-state index contributed by atoms with van der Waals surface area (Å²) >= 11 is 0. The van der Waals surface area contributed by atoms with Gasteiger partial charge in [0.1, 0.15) is 17.8 Å². The van der Waals surface area contributed by atoms with Gasteiger partial charge >= 0.3 is 0 Å². The van der Waals surface area contributed by atoms with Crippen molar-refractivity contribution >= 4 is 27.1 Å². The molecule has 10 heteroatoms. The number of H-pyrrole nitrogens is 1. The summed E-state index contributed by atoms with van der Waals surface area (Å²) in [6, 6.07) is 4.43. The summed E-state index contributed by atoms with van der Waals surface area (Å²) < 4.78 is 29.7. The van der Waals surface area contributed by atoms with Crippen molar-refractivity contribution in [1.29, 1.82) is 5.26 Å². The van der Waals surface area contributed by atoms with Crippen LogP contribution in [0.1, 0.15) is 19.8 Å². The maximum absolute atomic E-state index is 12.7. The predicted octanol–water partition coefficient (Wildman–Crippen LogP) is 0.851. The summed E-state index contributed by atoms with van der Waals surface area (Å²) in [6.45, 7) is 2.80. The summed E-state index contributed by atoms with van der Waals surface area (Å²) in [7, 11) is -1.57. The monoisotopic (exact) mass is 401 g/mol. The van der Waals surface area contributed by atoms with Crippen molar-refractivity contribution < 1.29 is 8.42 Å². The van der Waals surface area contributed by atoms with Crippen LogP contribution in [0.25, 0.3) is 11.0 Å². The Bertz CT molecular complexity index is 1070. The predicted molar refractivity (Wildman–Crippen MR) is 103 cm³/mol. The Kier molecular flexibility index (Phi) is 3.75. The number of hydrogen-bond donors (Lipinski definition) is 2. The highest BCUT2D eigenvalue weighted by Gasteiger charge is 2.69. The molecule has 0 spiro atoms. The third-order valence-corrected chi connectivity index (χ3v) is 8.59. The van der Waals surface area contributed by atoms with Crippen molar-refractivity contribution in [2.24, 2.45) is 17.3 Å². The van der Waals surface area contributed by atoms with E-state index in [1.165, 1.54) is 10.6 Å². The number of nitriles is 1. The molecule has 3 atom stereocenters. The van der Waals surface area contributed by atoms with Crippen LogP contribution in [0.3, 0.4) is 0 Å². The van der Waals surface area contributed by atoms with Crippen LogP contribution < -0.4 is 9.62 Å². The molecule has 2 aromatic heterocycles. The second-order valence-electron chi connectivity index (χ2n) is 8.33. The van der Waals surface area contributed by atoms with Gasteiger partial charge in [0.05, 0.1) is 16.9 Å². The number of nitrogens with zero attached hydrogens (tertiary/aromatic N) is 5. The zero-order valence-electron chi connectivity index (χ0n) is 15.8. The van der Waals surface area contributed by atoms with Crippen molar-refractivity contribution in [2.45, 2.75) is 31.8 Å². The van der Waals surface area contributed by atoms with Crippen LogP contribution in [0.2, 0.25) is 0 Å². The van der Waals surface area contributed by atoms with Gasteiger partial charge in [0, 0.05) is 38.4 Å². The molecule has 5 rings (SSSR count). The van der Waals surface area contributed by atoms with Gasteiger partial charge in [0.15, 0.2) is 0 Å². The largest absolute Gasteiger partial charge is 0.356 e. The van der Waals surface area contributed by atoms with Crippen molar-refractivity contribution in [3.8, 4) is 6.07 Å². The van der Waals surface area contributed by atoms with Gasteiger partial charge in [0.25, 0.3) is 10.2 Å². The van der Waals surface area contributed by atoms with Gasteiger partial charge in [-0.15, -0.1) is 0 Å². The van der Waals surface area contributed by atoms with E-state index in [4.69, 9.17) is 0 Å². The van der Waals surface area contributed by atoms with Gasteiger partial charge in [-0.25, -0.2) is 9.97 Å². The van der Waals surface area contributed by atoms with Crippen molar-refractivity contribution in [3.05, 3.63) is 18.6 Å². The number of aromatic amines is 1. The standard InChI is InChI=1S/C18H23N7O2S/c1-11-15-7-25(9-18(11,15)8-19)28(26,27)23-12-5-13(6-12)24(2)17-14-3-4-20-16(14)21-10-22-17/h3-4,10-13,15,23H,5-7,9H2,1-2H3,(H,20,21,22). The molecule has 0 radical (unpaired) electrons. The van der Waals surface area contributed by atoms with E-state index >= 15 is 0 Å². The Labute approximate surface area is 163 Å². The first-order chi connectivity index (χ1) is 13.4. The van der Waals surface area contributed by atoms with Crippen molar-refractivity contribution in [2.75, 3.05) is 25.0 Å². The Morgan fingerprint density at radius 1 is 1.43 bits per heavy atom. The topological polar surface area (TPSA) is 118 Å². The molecule has 3 fully saturated rings. The lowest BCUT2D eigenvalue weighted by Gasteiger charge is -2.42. The fourth-order valence-electron chi connectivity index (χ4n) is 4.89. The first-order valence-electron chi connectivity index (χ1n) is 9.55. The fraction of sp³-hybridized carbons (Fsp3) is 0.611. The summed E-state index contributed by atoms with van der Waals surface area (Å²) in [5.41, 5.74) is 0.327. The van der Waals surface area contributed by atoms with E-state index in [0.717, 1.165) is 29.7 Å². The highest BCUT2D eigenvalue weighted by molar-refractivity contribution is 7.87. The third kappa shape index (κ3) is 2.46. The lowest BCUT2D eigenvalue weighted by atomic mass is 9.86. The molecule has 1 aliphatic heterocycles. The maximum Gasteiger partial charge on any atom is 0.279 e. The molecule has 0 amide bonds. The summed E-state index contributed by atoms with van der Waals surface area (Å²) in [5, 5.41) is 10.4. The number of piperidine rings is 1. The van der Waals surface area contributed by atoms with Gasteiger partial charge in [-0.1, -0.05) is 6.92 Å². The number of aromatic nitrogens is 3. The van der Waals surface area contributed by atoms with Gasteiger partial charge < -0.3 is 9.88 Å². The maximum atomic E-state index is 12.7. The molecular formula is C18H23N7O2S. The van der Waals surface area contributed by atoms with Crippen LogP contribution in [0.15, 0.2) is 18.6 Å². The average Bonchev–Trinajstić information content (AvgIpc) is 3.07. The van der Waals surface area contributed by atoms with E-state index in [0.29, 0.717) is 19.0 Å². The molecule has 3 aliphatic rings. The minimum Gasteiger partial charge on any atom is -0.356 e. The van der Waals surface area contributed by atoms with E-state index in [9.17, 15) is 13.7 Å². The summed E-state index contributed by atoms with van der Waals surface area (Å²) in [6.07, 6.45) is 4.82. The molecule has 3 heterocycles. The Hall–Kier alpha value is -2.22. The van der Waals surface area contributed by atoms with E-state index in [2.05, 4.69) is 30.6 Å². The van der Waals surface area contributed by atoms with Crippen molar-refractivity contribution in [3.63, 3.8) is 0 Å². The molecule has 28 heavy (non-hydrogen) atoms. The quantitative estimate of drug-likeness (QED) is 0.767. The highest BCUT2D eigenvalue weighted by Crippen LogP contribution is 2.62. The molecule has 2 aromatic rings. The second-order valence-corrected chi connectivity index (χ2v) is 10.0. The molecule has 3 unspecified atom stereocenters. The van der Waals surface area contributed by atoms with E-state index in [1.807, 2.05) is 26.2 Å². The van der Waals surface area contributed by atoms with Crippen molar-refractivity contribution in [1.82, 2.24) is 24.0 Å². The van der Waals surface area contributed by atoms with E-state index < -0.39 is 15.6 Å². The number of fused-ring (bicyclic) bond motifs is 2. The number of rotatable bonds is 5. The van der Waals surface area contributed by atoms with Gasteiger partial charge in [-0.05, 0) is 30.7 Å².